The van der Waals surface area contributed by atoms with Crippen LogP contribution in [0.15, 0.2) is 116 Å². The Morgan fingerprint density at radius 3 is 2.41 bits per heavy atom. The Morgan fingerprint density at radius 2 is 1.66 bits per heavy atom. The van der Waals surface area contributed by atoms with Crippen molar-refractivity contribution in [3.8, 4) is 17.2 Å². The summed E-state index contributed by atoms with van der Waals surface area (Å²) in [6, 6.07) is 32.6. The third-order valence-corrected chi connectivity index (χ3v) is 7.50. The normalized spacial score (nSPS) is 16.3. The van der Waals surface area contributed by atoms with Crippen molar-refractivity contribution in [3.63, 3.8) is 0 Å². The average Bonchev–Trinajstić information content (AvgIpc) is 3.63. The first-order chi connectivity index (χ1) is 20.0. The smallest absolute Gasteiger partial charge is 0.339 e. The standard InChI is InChI=1S/C33H28N4O3S/c1-22-10-3-6-15-29(22)40-24-18-16-23(17-19-24)37-31(30(35-33(37)41)26-12-7-8-20-34-26)28-14-9-21-36(28)27-13-5-4-11-25(27)32(38)39-2/h3-21,30-31H,1-2H3,(H,35,41). The number of carbonyl (C=O) groups excluding carboxylic acids is 1. The number of esters is 1. The zero-order valence-electron chi connectivity index (χ0n) is 22.6. The second-order valence-electron chi connectivity index (χ2n) is 9.67. The number of nitrogens with one attached hydrogen (secondary N) is 1. The Bertz CT molecular complexity index is 1700. The van der Waals surface area contributed by atoms with E-state index in [2.05, 4.69) is 15.2 Å². The summed E-state index contributed by atoms with van der Waals surface area (Å²) in [6.07, 6.45) is 3.73. The van der Waals surface area contributed by atoms with Gasteiger partial charge in [0.25, 0.3) is 0 Å². The predicted octanol–water partition coefficient (Wildman–Crippen LogP) is 6.94. The van der Waals surface area contributed by atoms with E-state index in [-0.39, 0.29) is 12.1 Å². The second-order valence-corrected chi connectivity index (χ2v) is 10.1. The molecule has 1 aliphatic rings. The second kappa shape index (κ2) is 11.3. The molecule has 0 amide bonds. The third kappa shape index (κ3) is 5.05. The first-order valence-electron chi connectivity index (χ1n) is 13.2. The van der Waals surface area contributed by atoms with Crippen molar-refractivity contribution in [2.75, 3.05) is 12.0 Å². The molecule has 0 spiro atoms. The van der Waals surface area contributed by atoms with Crippen LogP contribution >= 0.6 is 12.2 Å². The Kier molecular flexibility index (Phi) is 7.22. The van der Waals surface area contributed by atoms with E-state index in [0.29, 0.717) is 10.7 Å². The van der Waals surface area contributed by atoms with Crippen molar-refractivity contribution < 1.29 is 14.3 Å². The van der Waals surface area contributed by atoms with E-state index in [1.165, 1.54) is 7.11 Å². The van der Waals surface area contributed by atoms with Gasteiger partial charge in [-0.3, -0.25) is 4.98 Å². The Morgan fingerprint density at radius 1 is 0.902 bits per heavy atom. The van der Waals surface area contributed by atoms with Gasteiger partial charge in [-0.15, -0.1) is 0 Å². The molecule has 0 aliphatic carbocycles. The van der Waals surface area contributed by atoms with Gasteiger partial charge < -0.3 is 24.3 Å². The minimum atomic E-state index is -0.400. The highest BCUT2D eigenvalue weighted by atomic mass is 32.1. The summed E-state index contributed by atoms with van der Waals surface area (Å²) in [7, 11) is 1.39. The molecule has 1 fully saturated rings. The van der Waals surface area contributed by atoms with E-state index in [4.69, 9.17) is 21.7 Å². The van der Waals surface area contributed by atoms with Crippen LogP contribution in [0.5, 0.6) is 11.5 Å². The van der Waals surface area contributed by atoms with Crippen LogP contribution in [0.25, 0.3) is 5.69 Å². The summed E-state index contributed by atoms with van der Waals surface area (Å²) in [4.78, 5) is 19.4. The molecular formula is C33H28N4O3S. The lowest BCUT2D eigenvalue weighted by Gasteiger charge is -2.29. The van der Waals surface area contributed by atoms with Crippen molar-refractivity contribution in [1.82, 2.24) is 14.9 Å². The summed E-state index contributed by atoms with van der Waals surface area (Å²) in [5, 5.41) is 4.08. The van der Waals surface area contributed by atoms with Crippen LogP contribution in [0.2, 0.25) is 0 Å². The van der Waals surface area contributed by atoms with E-state index >= 15 is 0 Å². The van der Waals surface area contributed by atoms with Crippen molar-refractivity contribution >= 4 is 29.0 Å². The maximum atomic E-state index is 12.7. The number of methoxy groups -OCH3 is 1. The Hall–Kier alpha value is -4.95. The number of benzene rings is 3. The first-order valence-corrected chi connectivity index (χ1v) is 13.6. The van der Waals surface area contributed by atoms with Crippen LogP contribution in [-0.4, -0.2) is 27.7 Å². The lowest BCUT2D eigenvalue weighted by Crippen LogP contribution is -2.30. The number of rotatable bonds is 7. The monoisotopic (exact) mass is 560 g/mol. The largest absolute Gasteiger partial charge is 0.465 e. The summed E-state index contributed by atoms with van der Waals surface area (Å²) in [5.74, 6) is 1.14. The minimum absolute atomic E-state index is 0.245. The van der Waals surface area contributed by atoms with E-state index in [1.807, 2.05) is 115 Å². The fourth-order valence-corrected chi connectivity index (χ4v) is 5.57. The van der Waals surface area contributed by atoms with Crippen molar-refractivity contribution in [2.45, 2.75) is 19.0 Å². The van der Waals surface area contributed by atoms with Gasteiger partial charge in [-0.2, -0.15) is 0 Å². The fourth-order valence-electron chi connectivity index (χ4n) is 5.23. The highest BCUT2D eigenvalue weighted by Crippen LogP contribution is 2.43. The minimum Gasteiger partial charge on any atom is -0.465 e. The molecule has 3 aromatic carbocycles. The number of aromatic nitrogens is 2. The number of hydrogen-bond donors (Lipinski definition) is 1. The maximum absolute atomic E-state index is 12.7. The molecule has 2 atom stereocenters. The van der Waals surface area contributed by atoms with Crippen LogP contribution in [-0.2, 0) is 4.74 Å². The van der Waals surface area contributed by atoms with E-state index in [9.17, 15) is 4.79 Å². The molecule has 1 saturated heterocycles. The van der Waals surface area contributed by atoms with Crippen molar-refractivity contribution in [3.05, 3.63) is 138 Å². The SMILES string of the molecule is COC(=O)c1ccccc1-n1cccc1C1C(c2ccccn2)NC(=S)N1c1ccc(Oc2ccccc2C)cc1. The number of anilines is 1. The molecule has 0 saturated carbocycles. The van der Waals surface area contributed by atoms with Crippen molar-refractivity contribution in [2.24, 2.45) is 0 Å². The molecule has 6 rings (SSSR count). The molecule has 1 aliphatic heterocycles. The molecule has 0 bridgehead atoms. The van der Waals surface area contributed by atoms with Gasteiger partial charge in [0.1, 0.15) is 17.5 Å². The number of carbonyl (C=O) groups is 1. The Balaban J connectivity index is 1.43. The molecule has 2 aromatic heterocycles. The maximum Gasteiger partial charge on any atom is 0.339 e. The van der Waals surface area contributed by atoms with Gasteiger partial charge in [0.05, 0.1) is 30.1 Å². The summed E-state index contributed by atoms with van der Waals surface area (Å²) >= 11 is 5.92. The molecule has 204 valence electrons. The highest BCUT2D eigenvalue weighted by molar-refractivity contribution is 7.80. The number of nitrogens with zero attached hydrogens (tertiary/aromatic N) is 3. The fraction of sp³-hybridized carbons (Fsp3) is 0.121. The zero-order chi connectivity index (χ0) is 28.3. The first kappa shape index (κ1) is 26.3. The van der Waals surface area contributed by atoms with Crippen LogP contribution in [0.3, 0.4) is 0 Å². The van der Waals surface area contributed by atoms with Crippen LogP contribution in [0, 0.1) is 6.92 Å². The van der Waals surface area contributed by atoms with Crippen LogP contribution in [0.4, 0.5) is 5.69 Å². The predicted molar refractivity (Wildman–Crippen MR) is 163 cm³/mol. The van der Waals surface area contributed by atoms with Gasteiger partial charge in [-0.1, -0.05) is 36.4 Å². The van der Waals surface area contributed by atoms with Gasteiger partial charge >= 0.3 is 5.97 Å². The van der Waals surface area contributed by atoms with Crippen LogP contribution in [0.1, 0.15) is 39.4 Å². The summed E-state index contributed by atoms with van der Waals surface area (Å²) in [5.41, 5.74) is 4.95. The van der Waals surface area contributed by atoms with Gasteiger partial charge in [-0.05, 0) is 91.4 Å². The molecule has 1 N–H and O–H groups in total. The average molecular weight is 561 g/mol. The topological polar surface area (TPSA) is 68.6 Å². The van der Waals surface area contributed by atoms with Gasteiger partial charge in [-0.25, -0.2) is 4.79 Å². The van der Waals surface area contributed by atoms with Crippen molar-refractivity contribution in [1.29, 1.82) is 0 Å². The van der Waals surface area contributed by atoms with E-state index in [0.717, 1.165) is 39.8 Å². The van der Waals surface area contributed by atoms with Gasteiger partial charge in [0, 0.05) is 23.8 Å². The molecule has 3 heterocycles. The molecular weight excluding hydrogens is 532 g/mol. The molecule has 8 heteroatoms. The highest BCUT2D eigenvalue weighted by Gasteiger charge is 2.42. The molecule has 41 heavy (non-hydrogen) atoms. The molecule has 2 unspecified atom stereocenters. The zero-order valence-corrected chi connectivity index (χ0v) is 23.4. The van der Waals surface area contributed by atoms with E-state index in [1.54, 1.807) is 12.3 Å². The number of thiocarbonyl (C=S) groups is 1. The van der Waals surface area contributed by atoms with Gasteiger partial charge in [0.15, 0.2) is 5.11 Å². The molecule has 5 aromatic rings. The number of para-hydroxylation sites is 2. The number of hydrogen-bond acceptors (Lipinski definition) is 5. The van der Waals surface area contributed by atoms with Gasteiger partial charge in [0.2, 0.25) is 0 Å². The summed E-state index contributed by atoms with van der Waals surface area (Å²) in [6.45, 7) is 2.02. The Labute approximate surface area is 244 Å². The quantitative estimate of drug-likeness (QED) is 0.171. The molecule has 7 nitrogen and oxygen atoms in total. The van der Waals surface area contributed by atoms with Crippen LogP contribution < -0.4 is 15.0 Å². The lowest BCUT2D eigenvalue weighted by atomic mass is 10.0. The molecule has 0 radical (unpaired) electrons. The number of aryl methyl sites for hydroxylation is 1. The number of ether oxygens (including phenoxy) is 2. The third-order valence-electron chi connectivity index (χ3n) is 7.19. The lowest BCUT2D eigenvalue weighted by molar-refractivity contribution is 0.0600. The summed E-state index contributed by atoms with van der Waals surface area (Å²) < 4.78 is 13.2. The number of pyridine rings is 1. The van der Waals surface area contributed by atoms with E-state index < -0.39 is 5.97 Å².